The zero-order valence-corrected chi connectivity index (χ0v) is 18.1. The summed E-state index contributed by atoms with van der Waals surface area (Å²) in [5.41, 5.74) is 2.28. The number of nitrogens with one attached hydrogen (secondary N) is 1. The lowest BCUT2D eigenvalue weighted by Crippen LogP contribution is -2.14. The minimum atomic E-state index is -4.53. The number of nitrogens with zero attached hydrogens (tertiary/aromatic N) is 4. The molecule has 2 heterocycles. The number of pyridine rings is 1. The number of benzene rings is 2. The van der Waals surface area contributed by atoms with Crippen LogP contribution in [0.2, 0.25) is 0 Å². The van der Waals surface area contributed by atoms with E-state index >= 15 is 0 Å². The molecule has 0 atom stereocenters. The van der Waals surface area contributed by atoms with Gasteiger partial charge in [0.1, 0.15) is 5.69 Å². The van der Waals surface area contributed by atoms with E-state index in [1.54, 1.807) is 42.9 Å². The highest BCUT2D eigenvalue weighted by atomic mass is 79.9. The molecule has 0 aliphatic carbocycles. The van der Waals surface area contributed by atoms with E-state index in [-0.39, 0.29) is 15.7 Å². The lowest BCUT2D eigenvalue weighted by molar-refractivity contribution is -0.137. The Morgan fingerprint density at radius 3 is 2.66 bits per heavy atom. The van der Waals surface area contributed by atoms with Crippen molar-refractivity contribution in [3.05, 3.63) is 88.3 Å². The van der Waals surface area contributed by atoms with Crippen LogP contribution in [0.4, 0.5) is 18.9 Å². The van der Waals surface area contributed by atoms with Crippen molar-refractivity contribution in [2.24, 2.45) is 0 Å². The van der Waals surface area contributed by atoms with Crippen molar-refractivity contribution in [1.29, 1.82) is 0 Å². The van der Waals surface area contributed by atoms with Gasteiger partial charge < -0.3 is 5.32 Å². The molecule has 4 rings (SSSR count). The van der Waals surface area contributed by atoms with E-state index in [1.165, 1.54) is 10.7 Å². The number of halogens is 4. The second-order valence-electron chi connectivity index (χ2n) is 6.97. The van der Waals surface area contributed by atoms with Crippen molar-refractivity contribution in [2.45, 2.75) is 13.1 Å². The summed E-state index contributed by atoms with van der Waals surface area (Å²) >= 11 is 3.05. The van der Waals surface area contributed by atoms with Crippen molar-refractivity contribution >= 4 is 27.5 Å². The SMILES string of the molecule is Cc1ccc(C(=O)Nc2cc(Br)cc(C(F)(F)F)c2)cc1-n1cc(-c2cccnc2)nn1. The van der Waals surface area contributed by atoms with Crippen LogP contribution in [-0.4, -0.2) is 25.9 Å². The highest BCUT2D eigenvalue weighted by Crippen LogP contribution is 2.33. The molecule has 162 valence electrons. The summed E-state index contributed by atoms with van der Waals surface area (Å²) in [6.45, 7) is 1.85. The third kappa shape index (κ3) is 4.70. The van der Waals surface area contributed by atoms with Gasteiger partial charge in [0.05, 0.1) is 17.4 Å². The Morgan fingerprint density at radius 1 is 1.12 bits per heavy atom. The summed E-state index contributed by atoms with van der Waals surface area (Å²) in [6, 6.07) is 11.8. The molecule has 10 heteroatoms. The van der Waals surface area contributed by atoms with Gasteiger partial charge in [0.15, 0.2) is 0 Å². The predicted molar refractivity (Wildman–Crippen MR) is 116 cm³/mol. The first-order valence-corrected chi connectivity index (χ1v) is 10.1. The molecule has 0 aliphatic rings. The summed E-state index contributed by atoms with van der Waals surface area (Å²) < 4.78 is 40.9. The van der Waals surface area contributed by atoms with E-state index in [2.05, 4.69) is 36.5 Å². The van der Waals surface area contributed by atoms with Crippen LogP contribution in [0.1, 0.15) is 21.5 Å². The first kappa shape index (κ1) is 21.7. The molecule has 0 fully saturated rings. The van der Waals surface area contributed by atoms with Gasteiger partial charge in [-0.25, -0.2) is 4.68 Å². The normalized spacial score (nSPS) is 11.4. The summed E-state index contributed by atoms with van der Waals surface area (Å²) in [6.07, 6.45) is 0.506. The highest BCUT2D eigenvalue weighted by Gasteiger charge is 2.31. The number of carbonyl (C=O) groups excluding carboxylic acids is 1. The Morgan fingerprint density at radius 2 is 1.94 bits per heavy atom. The van der Waals surface area contributed by atoms with Crippen LogP contribution in [0.5, 0.6) is 0 Å². The van der Waals surface area contributed by atoms with E-state index in [1.807, 2.05) is 13.0 Å². The molecule has 4 aromatic rings. The zero-order valence-electron chi connectivity index (χ0n) is 16.6. The molecule has 0 saturated heterocycles. The van der Waals surface area contributed by atoms with Gasteiger partial charge >= 0.3 is 6.18 Å². The quantitative estimate of drug-likeness (QED) is 0.390. The van der Waals surface area contributed by atoms with Crippen molar-refractivity contribution in [3.63, 3.8) is 0 Å². The van der Waals surface area contributed by atoms with Crippen LogP contribution >= 0.6 is 15.9 Å². The van der Waals surface area contributed by atoms with E-state index in [0.29, 0.717) is 11.4 Å². The van der Waals surface area contributed by atoms with Crippen LogP contribution in [0.25, 0.3) is 16.9 Å². The molecule has 0 aliphatic heterocycles. The van der Waals surface area contributed by atoms with Gasteiger partial charge in [0.2, 0.25) is 0 Å². The van der Waals surface area contributed by atoms with Crippen molar-refractivity contribution < 1.29 is 18.0 Å². The minimum absolute atomic E-state index is 0.0263. The number of aromatic nitrogens is 4. The fourth-order valence-corrected chi connectivity index (χ4v) is 3.55. The van der Waals surface area contributed by atoms with Gasteiger partial charge in [-0.3, -0.25) is 9.78 Å². The Bertz CT molecular complexity index is 1290. The summed E-state index contributed by atoms with van der Waals surface area (Å²) in [4.78, 5) is 16.8. The van der Waals surface area contributed by atoms with Crippen LogP contribution in [0, 0.1) is 6.92 Å². The number of rotatable bonds is 4. The van der Waals surface area contributed by atoms with E-state index < -0.39 is 17.6 Å². The van der Waals surface area contributed by atoms with Crippen LogP contribution in [-0.2, 0) is 6.18 Å². The van der Waals surface area contributed by atoms with Crippen LogP contribution in [0.3, 0.4) is 0 Å². The topological polar surface area (TPSA) is 72.7 Å². The Balaban J connectivity index is 1.62. The molecular weight excluding hydrogens is 487 g/mol. The second kappa shape index (κ2) is 8.54. The van der Waals surface area contributed by atoms with E-state index in [4.69, 9.17) is 0 Å². The number of alkyl halides is 3. The second-order valence-corrected chi connectivity index (χ2v) is 7.89. The summed E-state index contributed by atoms with van der Waals surface area (Å²) in [5, 5.41) is 10.8. The molecule has 0 radical (unpaired) electrons. The first-order chi connectivity index (χ1) is 15.2. The number of carbonyl (C=O) groups is 1. The van der Waals surface area contributed by atoms with Gasteiger partial charge in [-0.15, -0.1) is 5.10 Å². The molecule has 32 heavy (non-hydrogen) atoms. The third-order valence-electron chi connectivity index (χ3n) is 4.65. The lowest BCUT2D eigenvalue weighted by atomic mass is 10.1. The third-order valence-corrected chi connectivity index (χ3v) is 5.11. The van der Waals surface area contributed by atoms with Crippen molar-refractivity contribution in [2.75, 3.05) is 5.32 Å². The fraction of sp³-hybridized carbons (Fsp3) is 0.0909. The maximum absolute atomic E-state index is 13.1. The number of aryl methyl sites for hydroxylation is 1. The maximum Gasteiger partial charge on any atom is 0.416 e. The monoisotopic (exact) mass is 501 g/mol. The van der Waals surface area contributed by atoms with Gasteiger partial charge in [0, 0.05) is 33.7 Å². The number of hydrogen-bond acceptors (Lipinski definition) is 4. The van der Waals surface area contributed by atoms with Crippen molar-refractivity contribution in [1.82, 2.24) is 20.0 Å². The zero-order chi connectivity index (χ0) is 22.9. The largest absolute Gasteiger partial charge is 0.416 e. The fourth-order valence-electron chi connectivity index (χ4n) is 3.05. The number of anilines is 1. The number of hydrogen-bond donors (Lipinski definition) is 1. The highest BCUT2D eigenvalue weighted by molar-refractivity contribution is 9.10. The molecule has 1 amide bonds. The average Bonchev–Trinajstić information content (AvgIpc) is 3.23. The molecule has 6 nitrogen and oxygen atoms in total. The van der Waals surface area contributed by atoms with Gasteiger partial charge in [-0.1, -0.05) is 27.2 Å². The first-order valence-electron chi connectivity index (χ1n) is 9.33. The molecule has 2 aromatic heterocycles. The molecule has 1 N–H and O–H groups in total. The molecule has 0 bridgehead atoms. The van der Waals surface area contributed by atoms with Gasteiger partial charge in [-0.2, -0.15) is 13.2 Å². The lowest BCUT2D eigenvalue weighted by Gasteiger charge is -2.12. The average molecular weight is 502 g/mol. The van der Waals surface area contributed by atoms with Gasteiger partial charge in [-0.05, 0) is 55.0 Å². The Labute approximate surface area is 189 Å². The molecule has 0 saturated carbocycles. The van der Waals surface area contributed by atoms with Crippen molar-refractivity contribution in [3.8, 4) is 16.9 Å². The predicted octanol–water partition coefficient (Wildman–Crippen LogP) is 5.67. The molecule has 0 unspecified atom stereocenters. The Kier molecular flexibility index (Phi) is 5.79. The maximum atomic E-state index is 13.1. The standard InChI is InChI=1S/C22H15BrF3N5O/c1-13-4-5-14(21(32)28-18-9-16(22(24,25)26)8-17(23)10-18)7-20(13)31-12-19(29-30-31)15-3-2-6-27-11-15/h2-12H,1H3,(H,28,32). The van der Waals surface area contributed by atoms with Crippen LogP contribution in [0.15, 0.2) is 71.6 Å². The van der Waals surface area contributed by atoms with Crippen LogP contribution < -0.4 is 5.32 Å². The number of amides is 1. The summed E-state index contributed by atoms with van der Waals surface area (Å²) in [7, 11) is 0. The van der Waals surface area contributed by atoms with E-state index in [0.717, 1.165) is 23.3 Å². The summed E-state index contributed by atoms with van der Waals surface area (Å²) in [5.74, 6) is -0.551. The Hall–Kier alpha value is -3.53. The molecule has 2 aromatic carbocycles. The minimum Gasteiger partial charge on any atom is -0.322 e. The molecular formula is C22H15BrF3N5O. The van der Waals surface area contributed by atoms with E-state index in [9.17, 15) is 18.0 Å². The van der Waals surface area contributed by atoms with Gasteiger partial charge in [0.25, 0.3) is 5.91 Å². The smallest absolute Gasteiger partial charge is 0.322 e. The molecule has 0 spiro atoms.